The first kappa shape index (κ1) is 21.9. The van der Waals surface area contributed by atoms with Gasteiger partial charge >= 0.3 is 6.18 Å². The van der Waals surface area contributed by atoms with E-state index in [2.05, 4.69) is 18.3 Å². The molecule has 3 nitrogen and oxygen atoms in total. The number of hydrogen-bond acceptors (Lipinski definition) is 2. The van der Waals surface area contributed by atoms with Gasteiger partial charge < -0.3 is 10.2 Å². The minimum absolute atomic E-state index is 0.117. The first-order valence-electron chi connectivity index (χ1n) is 10.7. The average molecular weight is 438 g/mol. The molecule has 0 spiro atoms. The van der Waals surface area contributed by atoms with E-state index in [0.717, 1.165) is 41.1 Å². The fourth-order valence-electron chi connectivity index (χ4n) is 4.05. The van der Waals surface area contributed by atoms with Gasteiger partial charge in [-0.3, -0.25) is 4.79 Å². The van der Waals surface area contributed by atoms with Crippen LogP contribution in [0.5, 0.6) is 0 Å². The molecule has 0 saturated carbocycles. The molecule has 3 aromatic rings. The second-order valence-electron chi connectivity index (χ2n) is 8.24. The smallest absolute Gasteiger partial charge is 0.379 e. The predicted octanol–water partition coefficient (Wildman–Crippen LogP) is 6.84. The number of aryl methyl sites for hydroxylation is 2. The molecule has 1 unspecified atom stereocenters. The van der Waals surface area contributed by atoms with E-state index in [9.17, 15) is 18.0 Å². The lowest BCUT2D eigenvalue weighted by Gasteiger charge is -2.36. The first-order valence-corrected chi connectivity index (χ1v) is 10.7. The van der Waals surface area contributed by atoms with Gasteiger partial charge in [0.15, 0.2) is 0 Å². The number of halogens is 3. The van der Waals surface area contributed by atoms with E-state index >= 15 is 0 Å². The Balaban J connectivity index is 1.76. The first-order chi connectivity index (χ1) is 15.2. The topological polar surface area (TPSA) is 32.3 Å². The van der Waals surface area contributed by atoms with Crippen LogP contribution in [0, 0.1) is 13.8 Å². The van der Waals surface area contributed by atoms with E-state index < -0.39 is 11.7 Å². The number of nitrogens with zero attached hydrogens (tertiary/aromatic N) is 1. The molecule has 3 aromatic carbocycles. The van der Waals surface area contributed by atoms with Gasteiger partial charge in [-0.05, 0) is 72.9 Å². The fourth-order valence-corrected chi connectivity index (χ4v) is 4.05. The summed E-state index contributed by atoms with van der Waals surface area (Å²) in [6.07, 6.45) is -3.54. The third-order valence-electron chi connectivity index (χ3n) is 6.08. The van der Waals surface area contributed by atoms with Crippen molar-refractivity contribution in [3.05, 3.63) is 82.9 Å². The van der Waals surface area contributed by atoms with Gasteiger partial charge in [0.2, 0.25) is 0 Å². The van der Waals surface area contributed by atoms with Gasteiger partial charge in [0, 0.05) is 18.2 Å². The Morgan fingerprint density at radius 3 is 2.34 bits per heavy atom. The summed E-state index contributed by atoms with van der Waals surface area (Å²) in [4.78, 5) is 15.5. The Bertz CT molecular complexity index is 1150. The van der Waals surface area contributed by atoms with Crippen molar-refractivity contribution in [2.45, 2.75) is 39.4 Å². The third kappa shape index (κ3) is 4.09. The molecule has 6 heteroatoms. The average Bonchev–Trinajstić information content (AvgIpc) is 2.78. The van der Waals surface area contributed by atoms with Crippen molar-refractivity contribution in [1.82, 2.24) is 0 Å². The highest BCUT2D eigenvalue weighted by Gasteiger charge is 2.31. The third-order valence-corrected chi connectivity index (χ3v) is 6.08. The number of fused-ring (bicyclic) bond motifs is 1. The second kappa shape index (κ2) is 8.34. The van der Waals surface area contributed by atoms with Crippen molar-refractivity contribution in [2.24, 2.45) is 0 Å². The molecule has 1 aliphatic rings. The van der Waals surface area contributed by atoms with Gasteiger partial charge in [0.05, 0.1) is 16.9 Å². The van der Waals surface area contributed by atoms with E-state index in [1.807, 2.05) is 19.9 Å². The molecule has 1 aliphatic heterocycles. The monoisotopic (exact) mass is 438 g/mol. The Morgan fingerprint density at radius 2 is 1.69 bits per heavy atom. The van der Waals surface area contributed by atoms with Crippen LogP contribution in [0.2, 0.25) is 0 Å². The fraction of sp³-hybridized carbons (Fsp3) is 0.269. The molecule has 166 valence electrons. The van der Waals surface area contributed by atoms with Gasteiger partial charge in [-0.15, -0.1) is 0 Å². The van der Waals surface area contributed by atoms with Gasteiger partial charge in [-0.2, -0.15) is 13.2 Å². The molecule has 1 amide bonds. The molecule has 0 fully saturated rings. The summed E-state index contributed by atoms with van der Waals surface area (Å²) in [5.41, 5.74) is 4.93. The summed E-state index contributed by atoms with van der Waals surface area (Å²) >= 11 is 0. The highest BCUT2D eigenvalue weighted by atomic mass is 19.4. The highest BCUT2D eigenvalue weighted by Crippen LogP contribution is 2.37. The van der Waals surface area contributed by atoms with Crippen molar-refractivity contribution in [3.8, 4) is 11.1 Å². The summed E-state index contributed by atoms with van der Waals surface area (Å²) in [5.74, 6) is -0.162. The van der Waals surface area contributed by atoms with Crippen molar-refractivity contribution >= 4 is 17.3 Å². The molecule has 0 aliphatic carbocycles. The summed E-state index contributed by atoms with van der Waals surface area (Å²) < 4.78 is 38.9. The van der Waals surface area contributed by atoms with Gasteiger partial charge in [0.1, 0.15) is 0 Å². The minimum atomic E-state index is -4.40. The normalized spacial score (nSPS) is 15.8. The van der Waals surface area contributed by atoms with E-state index in [1.54, 1.807) is 29.2 Å². The zero-order valence-corrected chi connectivity index (χ0v) is 18.3. The summed E-state index contributed by atoms with van der Waals surface area (Å²) in [6, 6.07) is 16.2. The summed E-state index contributed by atoms with van der Waals surface area (Å²) in [6.45, 7) is 6.65. The van der Waals surface area contributed by atoms with E-state index in [1.165, 1.54) is 12.1 Å². The molecule has 1 atom stereocenters. The number of benzene rings is 3. The lowest BCUT2D eigenvalue weighted by atomic mass is 9.96. The molecule has 32 heavy (non-hydrogen) atoms. The van der Waals surface area contributed by atoms with Gasteiger partial charge in [0.25, 0.3) is 5.91 Å². The zero-order valence-electron chi connectivity index (χ0n) is 18.3. The Morgan fingerprint density at radius 1 is 1.03 bits per heavy atom. The summed E-state index contributed by atoms with van der Waals surface area (Å²) in [7, 11) is 0. The van der Waals surface area contributed by atoms with E-state index in [0.29, 0.717) is 23.2 Å². The van der Waals surface area contributed by atoms with Crippen molar-refractivity contribution in [1.29, 1.82) is 0 Å². The standard InChI is InChI=1S/C26H25F3N2O/c1-4-20-15-31(24-14-17(3)16(2)13-23(24)30-20)25(32)22-8-6-5-7-21(22)18-9-11-19(12-10-18)26(27,28)29/h5-14,20,30H,4,15H2,1-3H3. The highest BCUT2D eigenvalue weighted by molar-refractivity contribution is 6.12. The zero-order chi connectivity index (χ0) is 23.0. The number of hydrogen-bond donors (Lipinski definition) is 1. The molecule has 4 rings (SSSR count). The molecule has 0 radical (unpaired) electrons. The van der Waals surface area contributed by atoms with Crippen LogP contribution in [0.1, 0.15) is 40.4 Å². The SMILES string of the molecule is CCC1CN(C(=O)c2ccccc2-c2ccc(C(F)(F)F)cc2)c2cc(C)c(C)cc2N1. The molecule has 1 heterocycles. The van der Waals surface area contributed by atoms with Crippen molar-refractivity contribution in [2.75, 3.05) is 16.8 Å². The molecule has 0 aromatic heterocycles. The summed E-state index contributed by atoms with van der Waals surface area (Å²) in [5, 5.41) is 3.52. The van der Waals surface area contributed by atoms with Gasteiger partial charge in [-0.25, -0.2) is 0 Å². The Kier molecular flexibility index (Phi) is 5.71. The maximum absolute atomic E-state index is 13.8. The number of amides is 1. The molecule has 0 saturated heterocycles. The number of nitrogens with one attached hydrogen (secondary N) is 1. The van der Waals surface area contributed by atoms with E-state index in [-0.39, 0.29) is 11.9 Å². The van der Waals surface area contributed by atoms with Crippen LogP contribution in [-0.4, -0.2) is 18.5 Å². The molecule has 1 N–H and O–H groups in total. The van der Waals surface area contributed by atoms with Crippen LogP contribution in [0.4, 0.5) is 24.5 Å². The Hall–Kier alpha value is -3.28. The quantitative estimate of drug-likeness (QED) is 0.486. The largest absolute Gasteiger partial charge is 0.416 e. The molecular formula is C26H25F3N2O. The number of alkyl halides is 3. The number of anilines is 2. The van der Waals surface area contributed by atoms with Crippen LogP contribution >= 0.6 is 0 Å². The lowest BCUT2D eigenvalue weighted by molar-refractivity contribution is -0.137. The number of rotatable bonds is 3. The van der Waals surface area contributed by atoms with Crippen LogP contribution in [0.15, 0.2) is 60.7 Å². The van der Waals surface area contributed by atoms with Crippen LogP contribution in [-0.2, 0) is 6.18 Å². The molecular weight excluding hydrogens is 413 g/mol. The Labute approximate surface area is 185 Å². The predicted molar refractivity (Wildman–Crippen MR) is 122 cm³/mol. The maximum Gasteiger partial charge on any atom is 0.416 e. The second-order valence-corrected chi connectivity index (χ2v) is 8.24. The van der Waals surface area contributed by atoms with Gasteiger partial charge in [-0.1, -0.05) is 37.3 Å². The maximum atomic E-state index is 13.8. The number of carbonyl (C=O) groups is 1. The van der Waals surface area contributed by atoms with Crippen LogP contribution in [0.25, 0.3) is 11.1 Å². The molecule has 0 bridgehead atoms. The minimum Gasteiger partial charge on any atom is -0.379 e. The van der Waals surface area contributed by atoms with Crippen molar-refractivity contribution < 1.29 is 18.0 Å². The lowest BCUT2D eigenvalue weighted by Crippen LogP contribution is -2.44. The van der Waals surface area contributed by atoms with Crippen LogP contribution in [0.3, 0.4) is 0 Å². The van der Waals surface area contributed by atoms with Crippen molar-refractivity contribution in [3.63, 3.8) is 0 Å². The number of carbonyl (C=O) groups excluding carboxylic acids is 1. The van der Waals surface area contributed by atoms with E-state index in [4.69, 9.17) is 0 Å². The van der Waals surface area contributed by atoms with Crippen LogP contribution < -0.4 is 10.2 Å².